The molecule has 19 heavy (non-hydrogen) atoms. The molecule has 0 amide bonds. The minimum atomic E-state index is 0.782. The molecular formula is C15H21N3O. The van der Waals surface area contributed by atoms with E-state index in [0.717, 1.165) is 37.6 Å². The average Bonchev–Trinajstić information content (AvgIpc) is 2.87. The number of benzene rings is 1. The predicted molar refractivity (Wildman–Crippen MR) is 76.1 cm³/mol. The smallest absolute Gasteiger partial charge is 0.122 e. The van der Waals surface area contributed by atoms with Crippen LogP contribution in [0.5, 0.6) is 5.75 Å². The van der Waals surface area contributed by atoms with E-state index in [2.05, 4.69) is 27.9 Å². The number of ether oxygens (including phenoxy) is 1. The van der Waals surface area contributed by atoms with Gasteiger partial charge in [-0.2, -0.15) is 0 Å². The van der Waals surface area contributed by atoms with Crippen LogP contribution in [0.1, 0.15) is 24.7 Å². The molecule has 0 unspecified atom stereocenters. The lowest BCUT2D eigenvalue weighted by atomic mass is 10.2. The number of hydrogen-bond acceptors (Lipinski definition) is 3. The molecule has 1 aromatic carbocycles. The lowest BCUT2D eigenvalue weighted by molar-refractivity contribution is 0.414. The van der Waals surface area contributed by atoms with E-state index in [1.165, 1.54) is 5.56 Å². The summed E-state index contributed by atoms with van der Waals surface area (Å²) in [5.41, 5.74) is 1.22. The first-order chi connectivity index (χ1) is 9.33. The molecule has 0 fully saturated rings. The standard InChI is InChI=1S/C15H21N3O/c1-3-8-18-9-7-17-15(18)12-16-11-13-5-4-6-14(10-13)19-2/h4-7,9-10,16H,3,8,11-12H2,1-2H3. The molecule has 0 spiro atoms. The molecule has 0 aliphatic heterocycles. The van der Waals surface area contributed by atoms with Gasteiger partial charge in [0.1, 0.15) is 11.6 Å². The number of aromatic nitrogens is 2. The Kier molecular flexibility index (Phi) is 4.98. The minimum absolute atomic E-state index is 0.782. The molecule has 0 aliphatic carbocycles. The van der Waals surface area contributed by atoms with Gasteiger partial charge in [-0.1, -0.05) is 19.1 Å². The quantitative estimate of drug-likeness (QED) is 0.830. The van der Waals surface area contributed by atoms with E-state index in [1.54, 1.807) is 7.11 Å². The van der Waals surface area contributed by atoms with Gasteiger partial charge in [0.05, 0.1) is 13.7 Å². The second-order valence-corrected chi connectivity index (χ2v) is 4.49. The van der Waals surface area contributed by atoms with E-state index in [0.29, 0.717) is 0 Å². The maximum Gasteiger partial charge on any atom is 0.122 e. The lowest BCUT2D eigenvalue weighted by Crippen LogP contribution is -2.16. The molecule has 4 nitrogen and oxygen atoms in total. The van der Waals surface area contributed by atoms with Gasteiger partial charge < -0.3 is 14.6 Å². The number of aryl methyl sites for hydroxylation is 1. The Morgan fingerprint density at radius 2 is 2.21 bits per heavy atom. The van der Waals surface area contributed by atoms with E-state index >= 15 is 0 Å². The van der Waals surface area contributed by atoms with Crippen LogP contribution < -0.4 is 10.1 Å². The topological polar surface area (TPSA) is 39.1 Å². The SMILES string of the molecule is CCCn1ccnc1CNCc1cccc(OC)c1. The van der Waals surface area contributed by atoms with E-state index in [9.17, 15) is 0 Å². The van der Waals surface area contributed by atoms with Gasteiger partial charge in [-0.05, 0) is 24.1 Å². The van der Waals surface area contributed by atoms with Crippen molar-refractivity contribution in [1.82, 2.24) is 14.9 Å². The van der Waals surface area contributed by atoms with E-state index in [-0.39, 0.29) is 0 Å². The summed E-state index contributed by atoms with van der Waals surface area (Å²) in [6.07, 6.45) is 5.02. The van der Waals surface area contributed by atoms with Gasteiger partial charge in [-0.15, -0.1) is 0 Å². The monoisotopic (exact) mass is 259 g/mol. The molecule has 2 rings (SSSR count). The summed E-state index contributed by atoms with van der Waals surface area (Å²) < 4.78 is 7.41. The molecule has 1 heterocycles. The Hall–Kier alpha value is -1.81. The number of rotatable bonds is 7. The van der Waals surface area contributed by atoms with Crippen LogP contribution in [0.15, 0.2) is 36.7 Å². The van der Waals surface area contributed by atoms with E-state index < -0.39 is 0 Å². The summed E-state index contributed by atoms with van der Waals surface area (Å²) in [7, 11) is 1.69. The molecule has 1 N–H and O–H groups in total. The predicted octanol–water partition coefficient (Wildman–Crippen LogP) is 2.59. The molecule has 0 atom stereocenters. The normalized spacial score (nSPS) is 10.6. The van der Waals surface area contributed by atoms with Crippen LogP contribution in [-0.4, -0.2) is 16.7 Å². The van der Waals surface area contributed by atoms with Crippen molar-refractivity contribution >= 4 is 0 Å². The van der Waals surface area contributed by atoms with Crippen LogP contribution in [0.4, 0.5) is 0 Å². The van der Waals surface area contributed by atoms with Crippen molar-refractivity contribution in [2.24, 2.45) is 0 Å². The van der Waals surface area contributed by atoms with Crippen molar-refractivity contribution in [2.75, 3.05) is 7.11 Å². The zero-order valence-electron chi connectivity index (χ0n) is 11.6. The van der Waals surface area contributed by atoms with Crippen molar-refractivity contribution in [3.8, 4) is 5.75 Å². The highest BCUT2D eigenvalue weighted by Crippen LogP contribution is 2.12. The van der Waals surface area contributed by atoms with Crippen molar-refractivity contribution in [1.29, 1.82) is 0 Å². The molecule has 0 bridgehead atoms. The largest absolute Gasteiger partial charge is 0.497 e. The Labute approximate surface area is 114 Å². The van der Waals surface area contributed by atoms with Gasteiger partial charge >= 0.3 is 0 Å². The third kappa shape index (κ3) is 3.83. The number of methoxy groups -OCH3 is 1. The third-order valence-corrected chi connectivity index (χ3v) is 3.01. The second-order valence-electron chi connectivity index (χ2n) is 4.49. The lowest BCUT2D eigenvalue weighted by Gasteiger charge is -2.08. The summed E-state index contributed by atoms with van der Waals surface area (Å²) in [6.45, 7) is 4.80. The molecule has 0 saturated heterocycles. The zero-order chi connectivity index (χ0) is 13.5. The maximum absolute atomic E-state index is 5.21. The highest BCUT2D eigenvalue weighted by atomic mass is 16.5. The van der Waals surface area contributed by atoms with Gasteiger partial charge in [-0.3, -0.25) is 0 Å². The van der Waals surface area contributed by atoms with Crippen LogP contribution in [0.3, 0.4) is 0 Å². The highest BCUT2D eigenvalue weighted by molar-refractivity contribution is 5.28. The van der Waals surface area contributed by atoms with Crippen LogP contribution >= 0.6 is 0 Å². The third-order valence-electron chi connectivity index (χ3n) is 3.01. The Morgan fingerprint density at radius 3 is 3.00 bits per heavy atom. The van der Waals surface area contributed by atoms with E-state index in [1.807, 2.05) is 30.6 Å². The number of imidazole rings is 1. The van der Waals surface area contributed by atoms with E-state index in [4.69, 9.17) is 4.74 Å². The van der Waals surface area contributed by atoms with Crippen molar-refractivity contribution in [3.63, 3.8) is 0 Å². The molecule has 102 valence electrons. The number of nitrogens with one attached hydrogen (secondary N) is 1. The highest BCUT2D eigenvalue weighted by Gasteiger charge is 2.01. The fraction of sp³-hybridized carbons (Fsp3) is 0.400. The van der Waals surface area contributed by atoms with Crippen molar-refractivity contribution in [3.05, 3.63) is 48.0 Å². The van der Waals surface area contributed by atoms with Crippen LogP contribution in [0, 0.1) is 0 Å². The molecule has 2 aromatic rings. The van der Waals surface area contributed by atoms with Crippen LogP contribution in [-0.2, 0) is 19.6 Å². The van der Waals surface area contributed by atoms with Crippen molar-refractivity contribution < 1.29 is 4.74 Å². The Balaban J connectivity index is 1.87. The molecule has 0 saturated carbocycles. The summed E-state index contributed by atoms with van der Waals surface area (Å²) in [6, 6.07) is 8.10. The van der Waals surface area contributed by atoms with Gasteiger partial charge in [0.15, 0.2) is 0 Å². The molecule has 1 aromatic heterocycles. The minimum Gasteiger partial charge on any atom is -0.497 e. The van der Waals surface area contributed by atoms with Crippen LogP contribution in [0.2, 0.25) is 0 Å². The van der Waals surface area contributed by atoms with Gasteiger partial charge in [0, 0.05) is 25.5 Å². The molecule has 0 aliphatic rings. The summed E-state index contributed by atoms with van der Waals surface area (Å²) in [5, 5.41) is 3.42. The summed E-state index contributed by atoms with van der Waals surface area (Å²) >= 11 is 0. The first-order valence-electron chi connectivity index (χ1n) is 6.67. The van der Waals surface area contributed by atoms with Crippen molar-refractivity contribution in [2.45, 2.75) is 33.0 Å². The number of hydrogen-bond donors (Lipinski definition) is 1. The summed E-state index contributed by atoms with van der Waals surface area (Å²) in [4.78, 5) is 4.38. The van der Waals surface area contributed by atoms with Gasteiger partial charge in [-0.25, -0.2) is 4.98 Å². The first-order valence-corrected chi connectivity index (χ1v) is 6.67. The summed E-state index contributed by atoms with van der Waals surface area (Å²) in [5.74, 6) is 1.98. The molecular weight excluding hydrogens is 238 g/mol. The Morgan fingerprint density at radius 1 is 1.32 bits per heavy atom. The second kappa shape index (κ2) is 6.95. The number of nitrogens with zero attached hydrogens (tertiary/aromatic N) is 2. The zero-order valence-corrected chi connectivity index (χ0v) is 11.6. The molecule has 0 radical (unpaired) electrons. The first kappa shape index (κ1) is 13.6. The fourth-order valence-electron chi connectivity index (χ4n) is 2.05. The van der Waals surface area contributed by atoms with Gasteiger partial charge in [0.2, 0.25) is 0 Å². The van der Waals surface area contributed by atoms with Crippen LogP contribution in [0.25, 0.3) is 0 Å². The fourth-order valence-corrected chi connectivity index (χ4v) is 2.05. The maximum atomic E-state index is 5.21. The molecule has 4 heteroatoms. The average molecular weight is 259 g/mol. The Bertz CT molecular complexity index is 508. The van der Waals surface area contributed by atoms with Gasteiger partial charge in [0.25, 0.3) is 0 Å².